The molecule has 5 nitrogen and oxygen atoms in total. The Morgan fingerprint density at radius 3 is 2.65 bits per heavy atom. The van der Waals surface area contributed by atoms with E-state index in [2.05, 4.69) is 11.1 Å². The van der Waals surface area contributed by atoms with Crippen molar-refractivity contribution in [3.8, 4) is 0 Å². The van der Waals surface area contributed by atoms with Crippen molar-refractivity contribution in [2.45, 2.75) is 20.3 Å². The van der Waals surface area contributed by atoms with Crippen LogP contribution in [0.5, 0.6) is 0 Å². The van der Waals surface area contributed by atoms with Crippen LogP contribution >= 0.6 is 11.3 Å². The van der Waals surface area contributed by atoms with Crippen molar-refractivity contribution in [2.24, 2.45) is 0 Å². The third-order valence-corrected chi connectivity index (χ3v) is 3.66. The van der Waals surface area contributed by atoms with Crippen LogP contribution < -0.4 is 0 Å². The molecule has 1 aliphatic rings. The summed E-state index contributed by atoms with van der Waals surface area (Å²) < 4.78 is 0. The summed E-state index contributed by atoms with van der Waals surface area (Å²) in [7, 11) is 1.83. The Kier molecular flexibility index (Phi) is 6.03. The molecule has 2 rings (SSSR count). The largest absolute Gasteiger partial charge is 0.373 e. The summed E-state index contributed by atoms with van der Waals surface area (Å²) in [6.07, 6.45) is 5.00. The number of carbonyl (C=O) groups is 1. The van der Waals surface area contributed by atoms with Crippen molar-refractivity contribution in [3.63, 3.8) is 0 Å². The molecule has 0 aromatic carbocycles. The summed E-state index contributed by atoms with van der Waals surface area (Å²) in [5.41, 5.74) is 2.91. The van der Waals surface area contributed by atoms with Gasteiger partial charge < -0.3 is 4.90 Å². The van der Waals surface area contributed by atoms with Gasteiger partial charge in [0.2, 0.25) is 5.91 Å². The monoisotopic (exact) mass is 292 g/mol. The number of hydrogen-bond acceptors (Lipinski definition) is 5. The van der Waals surface area contributed by atoms with E-state index in [1.165, 1.54) is 0 Å². The molecule has 106 valence electrons. The fraction of sp³-hybridized carbons (Fsp3) is 0.357. The molecular formula is C14H16N2O3S. The normalized spacial score (nSPS) is 12.8. The lowest BCUT2D eigenvalue weighted by atomic mass is 10.2. The summed E-state index contributed by atoms with van der Waals surface area (Å²) in [5, 5.41) is 3.09. The van der Waals surface area contributed by atoms with Crippen molar-refractivity contribution in [3.05, 3.63) is 33.8 Å². The molecule has 0 spiro atoms. The second kappa shape index (κ2) is 7.53. The quantitative estimate of drug-likeness (QED) is 0.855. The number of hydrogen-bond donors (Lipinski definition) is 0. The minimum atomic E-state index is 0.116. The number of thiazole rings is 1. The van der Waals surface area contributed by atoms with Gasteiger partial charge in [-0.05, 0) is 31.9 Å². The Bertz CT molecular complexity index is 581. The first-order chi connectivity index (χ1) is 9.53. The molecule has 1 heterocycles. The maximum absolute atomic E-state index is 12.0. The summed E-state index contributed by atoms with van der Waals surface area (Å²) >= 11 is 1.64. The van der Waals surface area contributed by atoms with Gasteiger partial charge in [-0.3, -0.25) is 4.79 Å². The molecule has 20 heavy (non-hydrogen) atoms. The second-order valence-corrected chi connectivity index (χ2v) is 5.25. The standard InChI is InChI=1S/C13H16N2OS.CO2/c1-4-15(3)13(16)11-6-5-10(7-11)12-8-17-9(2)14-12;2-1-3/h5,7-8H,4,6H2,1-3H3;. The van der Waals surface area contributed by atoms with Crippen LogP contribution in [-0.4, -0.2) is 35.5 Å². The van der Waals surface area contributed by atoms with Crippen molar-refractivity contribution >= 4 is 29.0 Å². The van der Waals surface area contributed by atoms with Crippen molar-refractivity contribution < 1.29 is 14.4 Å². The van der Waals surface area contributed by atoms with E-state index in [4.69, 9.17) is 9.59 Å². The molecule has 0 atom stereocenters. The summed E-state index contributed by atoms with van der Waals surface area (Å²) in [5.74, 6) is 0.116. The van der Waals surface area contributed by atoms with E-state index < -0.39 is 0 Å². The van der Waals surface area contributed by atoms with E-state index in [9.17, 15) is 4.79 Å². The van der Waals surface area contributed by atoms with Crippen molar-refractivity contribution in [1.29, 1.82) is 0 Å². The third-order valence-electron chi connectivity index (χ3n) is 2.88. The molecule has 0 bridgehead atoms. The molecular weight excluding hydrogens is 276 g/mol. The SMILES string of the molecule is CCN(C)C(=O)C1=CC(c2csc(C)n2)=CC1.O=C=O. The van der Waals surface area contributed by atoms with Crippen LogP contribution in [0.2, 0.25) is 0 Å². The molecule has 1 aromatic rings. The first kappa shape index (κ1) is 16.0. The maximum Gasteiger partial charge on any atom is 0.373 e. The number of amides is 1. The fourth-order valence-electron chi connectivity index (χ4n) is 1.74. The zero-order valence-corrected chi connectivity index (χ0v) is 12.5. The molecule has 0 fully saturated rings. The molecule has 1 amide bonds. The van der Waals surface area contributed by atoms with E-state index in [-0.39, 0.29) is 12.1 Å². The maximum atomic E-state index is 12.0. The van der Waals surface area contributed by atoms with Gasteiger partial charge in [-0.2, -0.15) is 9.59 Å². The smallest absolute Gasteiger partial charge is 0.342 e. The number of aromatic nitrogens is 1. The van der Waals surface area contributed by atoms with Gasteiger partial charge in [-0.25, -0.2) is 4.98 Å². The van der Waals surface area contributed by atoms with Crippen LogP contribution in [0.1, 0.15) is 24.0 Å². The van der Waals surface area contributed by atoms with Gasteiger partial charge in [0.05, 0.1) is 10.7 Å². The van der Waals surface area contributed by atoms with Gasteiger partial charge >= 0.3 is 6.15 Å². The van der Waals surface area contributed by atoms with Crippen LogP contribution in [0.15, 0.2) is 23.1 Å². The molecule has 0 radical (unpaired) electrons. The number of rotatable bonds is 3. The molecule has 1 aliphatic carbocycles. The van der Waals surface area contributed by atoms with Gasteiger partial charge in [0.25, 0.3) is 0 Å². The second-order valence-electron chi connectivity index (χ2n) is 4.19. The Morgan fingerprint density at radius 2 is 2.15 bits per heavy atom. The predicted octanol–water partition coefficient (Wildman–Crippen LogP) is 2.06. The highest BCUT2D eigenvalue weighted by Crippen LogP contribution is 2.27. The lowest BCUT2D eigenvalue weighted by Gasteiger charge is -2.14. The van der Waals surface area contributed by atoms with E-state index in [0.717, 1.165) is 34.8 Å². The van der Waals surface area contributed by atoms with Gasteiger partial charge in [0.15, 0.2) is 0 Å². The Balaban J connectivity index is 0.000000612. The van der Waals surface area contributed by atoms with E-state index in [0.29, 0.717) is 0 Å². The van der Waals surface area contributed by atoms with Crippen LogP contribution in [-0.2, 0) is 14.4 Å². The van der Waals surface area contributed by atoms with Gasteiger partial charge in [-0.15, -0.1) is 11.3 Å². The van der Waals surface area contributed by atoms with Gasteiger partial charge in [-0.1, -0.05) is 6.08 Å². The highest BCUT2D eigenvalue weighted by molar-refractivity contribution is 7.09. The van der Waals surface area contributed by atoms with Gasteiger partial charge in [0.1, 0.15) is 0 Å². The first-order valence-corrected chi connectivity index (χ1v) is 6.99. The van der Waals surface area contributed by atoms with Crippen LogP contribution in [0.25, 0.3) is 5.57 Å². The van der Waals surface area contributed by atoms with E-state index in [1.807, 2.05) is 32.4 Å². The highest BCUT2D eigenvalue weighted by Gasteiger charge is 2.18. The number of likely N-dealkylation sites (N-methyl/N-ethyl adjacent to an activating group) is 1. The van der Waals surface area contributed by atoms with E-state index in [1.54, 1.807) is 16.2 Å². The van der Waals surface area contributed by atoms with Crippen LogP contribution in [0.3, 0.4) is 0 Å². The molecule has 6 heteroatoms. The summed E-state index contributed by atoms with van der Waals surface area (Å²) in [4.78, 5) is 34.4. The Labute approximate surface area is 121 Å². The van der Waals surface area contributed by atoms with Crippen LogP contribution in [0, 0.1) is 6.92 Å². The fourth-order valence-corrected chi connectivity index (χ4v) is 2.36. The molecule has 0 N–H and O–H groups in total. The van der Waals surface area contributed by atoms with Crippen LogP contribution in [0.4, 0.5) is 0 Å². The summed E-state index contributed by atoms with van der Waals surface area (Å²) in [6, 6.07) is 0. The third kappa shape index (κ3) is 3.98. The topological polar surface area (TPSA) is 67.3 Å². The van der Waals surface area contributed by atoms with Crippen molar-refractivity contribution in [2.75, 3.05) is 13.6 Å². The minimum Gasteiger partial charge on any atom is -0.342 e. The average molecular weight is 292 g/mol. The van der Waals surface area contributed by atoms with E-state index >= 15 is 0 Å². The Hall–Kier alpha value is -2.04. The number of aryl methyl sites for hydroxylation is 1. The number of nitrogens with zero attached hydrogens (tertiary/aromatic N) is 2. The zero-order chi connectivity index (χ0) is 15.1. The first-order valence-electron chi connectivity index (χ1n) is 6.11. The minimum absolute atomic E-state index is 0.116. The molecule has 0 saturated carbocycles. The van der Waals surface area contributed by atoms with Gasteiger partial charge in [0, 0.05) is 24.5 Å². The predicted molar refractivity (Wildman–Crippen MR) is 75.8 cm³/mol. The highest BCUT2D eigenvalue weighted by atomic mass is 32.1. The Morgan fingerprint density at radius 1 is 1.50 bits per heavy atom. The number of carbonyl (C=O) groups excluding carboxylic acids is 3. The molecule has 0 saturated heterocycles. The number of allylic oxidation sites excluding steroid dienone is 3. The summed E-state index contributed by atoms with van der Waals surface area (Å²) in [6.45, 7) is 4.71. The zero-order valence-electron chi connectivity index (χ0n) is 11.7. The average Bonchev–Trinajstić information content (AvgIpc) is 3.06. The molecule has 1 aromatic heterocycles. The van der Waals surface area contributed by atoms with Crippen molar-refractivity contribution in [1.82, 2.24) is 9.88 Å². The molecule has 0 unspecified atom stereocenters. The molecule has 0 aliphatic heterocycles. The lowest BCUT2D eigenvalue weighted by molar-refractivity contribution is -0.191. The lowest BCUT2D eigenvalue weighted by Crippen LogP contribution is -2.27.